The zero-order valence-electron chi connectivity index (χ0n) is 16.2. The highest BCUT2D eigenvalue weighted by Gasteiger charge is 2.26. The first-order valence-corrected chi connectivity index (χ1v) is 9.30. The third kappa shape index (κ3) is 3.98. The fourth-order valence-corrected chi connectivity index (χ4v) is 3.86. The number of hydrogen-bond donors (Lipinski definition) is 0. The van der Waals surface area contributed by atoms with Crippen molar-refractivity contribution in [3.8, 4) is 0 Å². The molecule has 26 heavy (non-hydrogen) atoms. The average molecular weight is 359 g/mol. The molecule has 1 fully saturated rings. The van der Waals surface area contributed by atoms with Crippen LogP contribution in [0, 0.1) is 20.8 Å². The quantitative estimate of drug-likeness (QED) is 0.794. The minimum atomic E-state index is 0.218. The Kier molecular flexibility index (Phi) is 5.76. The summed E-state index contributed by atoms with van der Waals surface area (Å²) in [4.78, 5) is 19.0. The molecule has 0 bridgehead atoms. The molecule has 0 radical (unpaired) electrons. The smallest absolute Gasteiger partial charge is 0.224 e. The van der Waals surface area contributed by atoms with Crippen LogP contribution in [0.5, 0.6) is 0 Å². The number of nitrogens with zero attached hydrogens (tertiary/aromatic N) is 5. The number of imidazole rings is 1. The van der Waals surface area contributed by atoms with Gasteiger partial charge < -0.3 is 14.2 Å². The van der Waals surface area contributed by atoms with Crippen molar-refractivity contribution in [2.45, 2.75) is 59.2 Å². The molecule has 1 saturated heterocycles. The fourth-order valence-electron chi connectivity index (χ4n) is 3.86. The van der Waals surface area contributed by atoms with Crippen LogP contribution in [0.2, 0.25) is 0 Å². The van der Waals surface area contributed by atoms with Crippen molar-refractivity contribution < 1.29 is 9.53 Å². The molecular formula is C19H29N5O2. The molecular weight excluding hydrogens is 330 g/mol. The number of hydrogen-bond acceptors (Lipinski definition) is 4. The summed E-state index contributed by atoms with van der Waals surface area (Å²) in [6, 6.07) is 2.43. The Labute approximate surface area is 155 Å². The van der Waals surface area contributed by atoms with Crippen LogP contribution in [0.4, 0.5) is 0 Å². The number of carbonyl (C=O) groups is 1. The van der Waals surface area contributed by atoms with E-state index in [2.05, 4.69) is 21.6 Å². The van der Waals surface area contributed by atoms with Crippen molar-refractivity contribution in [2.75, 3.05) is 20.2 Å². The van der Waals surface area contributed by atoms with Gasteiger partial charge in [-0.25, -0.2) is 4.98 Å². The van der Waals surface area contributed by atoms with Gasteiger partial charge in [-0.05, 0) is 39.7 Å². The topological polar surface area (TPSA) is 65.2 Å². The normalized spacial score (nSPS) is 15.6. The maximum Gasteiger partial charge on any atom is 0.224 e. The SMILES string of the molecule is COCc1ncc(C)n1C1CCN(C(=O)CCn2nc(C)cc2C)CC1. The van der Waals surface area contributed by atoms with E-state index in [4.69, 9.17) is 4.74 Å². The second kappa shape index (κ2) is 8.03. The molecule has 1 aliphatic rings. The lowest BCUT2D eigenvalue weighted by molar-refractivity contribution is -0.132. The third-order valence-corrected chi connectivity index (χ3v) is 5.16. The lowest BCUT2D eigenvalue weighted by atomic mass is 10.0. The van der Waals surface area contributed by atoms with E-state index in [0.29, 0.717) is 25.6 Å². The predicted octanol–water partition coefficient (Wildman–Crippen LogP) is 2.41. The van der Waals surface area contributed by atoms with Gasteiger partial charge in [0.2, 0.25) is 5.91 Å². The molecule has 142 valence electrons. The standard InChI is InChI=1S/C19H29N5O2/c1-14-11-15(2)23(21-14)10-7-19(25)22-8-5-17(6-9-22)24-16(3)12-20-18(24)13-26-4/h11-12,17H,5-10,13H2,1-4H3. The van der Waals surface area contributed by atoms with Gasteiger partial charge in [-0.3, -0.25) is 9.48 Å². The van der Waals surface area contributed by atoms with E-state index < -0.39 is 0 Å². The molecule has 0 atom stereocenters. The largest absolute Gasteiger partial charge is 0.377 e. The Hall–Kier alpha value is -2.15. The van der Waals surface area contributed by atoms with Crippen LogP contribution in [0.3, 0.4) is 0 Å². The maximum atomic E-state index is 12.6. The van der Waals surface area contributed by atoms with Crippen LogP contribution in [-0.4, -0.2) is 50.3 Å². The van der Waals surface area contributed by atoms with E-state index in [0.717, 1.165) is 48.8 Å². The van der Waals surface area contributed by atoms with Crippen LogP contribution in [0.25, 0.3) is 0 Å². The number of amides is 1. The van der Waals surface area contributed by atoms with E-state index in [-0.39, 0.29) is 5.91 Å². The van der Waals surface area contributed by atoms with Crippen LogP contribution in [-0.2, 0) is 22.7 Å². The molecule has 7 nitrogen and oxygen atoms in total. The molecule has 7 heteroatoms. The Morgan fingerprint density at radius 1 is 1.23 bits per heavy atom. The minimum absolute atomic E-state index is 0.218. The highest BCUT2D eigenvalue weighted by molar-refractivity contribution is 5.76. The van der Waals surface area contributed by atoms with E-state index in [9.17, 15) is 4.79 Å². The highest BCUT2D eigenvalue weighted by atomic mass is 16.5. The molecule has 0 aliphatic carbocycles. The minimum Gasteiger partial charge on any atom is -0.377 e. The van der Waals surface area contributed by atoms with E-state index in [1.807, 2.05) is 35.7 Å². The van der Waals surface area contributed by atoms with Crippen molar-refractivity contribution in [3.05, 3.63) is 35.2 Å². The molecule has 0 saturated carbocycles. The first-order valence-electron chi connectivity index (χ1n) is 9.30. The lowest BCUT2D eigenvalue weighted by Gasteiger charge is -2.34. The Balaban J connectivity index is 1.54. The number of aryl methyl sites for hydroxylation is 4. The Morgan fingerprint density at radius 3 is 2.58 bits per heavy atom. The van der Waals surface area contributed by atoms with E-state index >= 15 is 0 Å². The van der Waals surface area contributed by atoms with Crippen molar-refractivity contribution in [1.29, 1.82) is 0 Å². The molecule has 0 unspecified atom stereocenters. The van der Waals surface area contributed by atoms with Gasteiger partial charge in [0.1, 0.15) is 12.4 Å². The number of ether oxygens (including phenoxy) is 1. The molecule has 3 rings (SSSR count). The van der Waals surface area contributed by atoms with Crippen LogP contribution in [0.1, 0.15) is 48.2 Å². The molecule has 2 aromatic rings. The molecule has 1 amide bonds. The van der Waals surface area contributed by atoms with Crippen LogP contribution < -0.4 is 0 Å². The van der Waals surface area contributed by atoms with Crippen molar-refractivity contribution >= 4 is 5.91 Å². The van der Waals surface area contributed by atoms with Gasteiger partial charge in [-0.15, -0.1) is 0 Å². The van der Waals surface area contributed by atoms with Crippen molar-refractivity contribution in [1.82, 2.24) is 24.2 Å². The average Bonchev–Trinajstić information content (AvgIpc) is 3.14. The van der Waals surface area contributed by atoms with Gasteiger partial charge in [0.05, 0.1) is 5.69 Å². The fraction of sp³-hybridized carbons (Fsp3) is 0.632. The maximum absolute atomic E-state index is 12.6. The van der Waals surface area contributed by atoms with Crippen molar-refractivity contribution in [3.63, 3.8) is 0 Å². The molecule has 1 aliphatic heterocycles. The summed E-state index contributed by atoms with van der Waals surface area (Å²) in [6.07, 6.45) is 4.32. The van der Waals surface area contributed by atoms with Crippen LogP contribution >= 0.6 is 0 Å². The highest BCUT2D eigenvalue weighted by Crippen LogP contribution is 2.26. The van der Waals surface area contributed by atoms with Gasteiger partial charge in [0, 0.05) is 56.8 Å². The monoisotopic (exact) mass is 359 g/mol. The Bertz CT molecular complexity index is 756. The van der Waals surface area contributed by atoms with E-state index in [1.54, 1.807) is 7.11 Å². The summed E-state index contributed by atoms with van der Waals surface area (Å²) >= 11 is 0. The van der Waals surface area contributed by atoms with Gasteiger partial charge in [-0.1, -0.05) is 0 Å². The third-order valence-electron chi connectivity index (χ3n) is 5.16. The van der Waals surface area contributed by atoms with Gasteiger partial charge in [0.25, 0.3) is 0 Å². The summed E-state index contributed by atoms with van der Waals surface area (Å²) in [5, 5.41) is 4.43. The number of rotatable bonds is 6. The first-order chi connectivity index (χ1) is 12.5. The van der Waals surface area contributed by atoms with Gasteiger partial charge >= 0.3 is 0 Å². The number of aromatic nitrogens is 4. The lowest BCUT2D eigenvalue weighted by Crippen LogP contribution is -2.39. The summed E-state index contributed by atoms with van der Waals surface area (Å²) in [5.41, 5.74) is 3.26. The van der Waals surface area contributed by atoms with Gasteiger partial charge in [0.15, 0.2) is 0 Å². The zero-order valence-corrected chi connectivity index (χ0v) is 16.2. The first kappa shape index (κ1) is 18.6. The second-order valence-corrected chi connectivity index (χ2v) is 7.13. The predicted molar refractivity (Wildman–Crippen MR) is 98.8 cm³/mol. The molecule has 0 N–H and O–H groups in total. The molecule has 0 aromatic carbocycles. The Morgan fingerprint density at radius 2 is 1.96 bits per heavy atom. The summed E-state index contributed by atoms with van der Waals surface area (Å²) < 4.78 is 9.46. The molecule has 3 heterocycles. The molecule has 0 spiro atoms. The molecule has 2 aromatic heterocycles. The zero-order chi connectivity index (χ0) is 18.7. The van der Waals surface area contributed by atoms with E-state index in [1.165, 1.54) is 0 Å². The number of likely N-dealkylation sites (tertiary alicyclic amines) is 1. The summed E-state index contributed by atoms with van der Waals surface area (Å²) in [5.74, 6) is 1.19. The van der Waals surface area contributed by atoms with Crippen molar-refractivity contribution in [2.24, 2.45) is 0 Å². The summed E-state index contributed by atoms with van der Waals surface area (Å²) in [7, 11) is 1.69. The van der Waals surface area contributed by atoms with Crippen LogP contribution in [0.15, 0.2) is 12.3 Å². The second-order valence-electron chi connectivity index (χ2n) is 7.13. The van der Waals surface area contributed by atoms with Gasteiger partial charge in [-0.2, -0.15) is 5.10 Å². The number of carbonyl (C=O) groups excluding carboxylic acids is 1. The number of piperidine rings is 1. The summed E-state index contributed by atoms with van der Waals surface area (Å²) in [6.45, 7) is 8.85. The number of methoxy groups -OCH3 is 1.